The topological polar surface area (TPSA) is 94.8 Å². The molecule has 170 valence electrons. The molecule has 0 radical (unpaired) electrons. The van der Waals surface area contributed by atoms with Crippen LogP contribution in [0, 0.1) is 0 Å². The second kappa shape index (κ2) is 9.36. The Hall–Kier alpha value is -4.17. The van der Waals surface area contributed by atoms with Gasteiger partial charge in [-0.25, -0.2) is 4.98 Å². The molecule has 34 heavy (non-hydrogen) atoms. The van der Waals surface area contributed by atoms with Gasteiger partial charge in [-0.15, -0.1) is 11.3 Å². The summed E-state index contributed by atoms with van der Waals surface area (Å²) in [6.45, 7) is 0.0705. The summed E-state index contributed by atoms with van der Waals surface area (Å²) in [7, 11) is 0. The molecule has 0 bridgehead atoms. The van der Waals surface area contributed by atoms with E-state index in [-0.39, 0.29) is 18.9 Å². The lowest BCUT2D eigenvalue weighted by atomic mass is 10.1. The van der Waals surface area contributed by atoms with Crippen LogP contribution in [-0.2, 0) is 16.0 Å². The Balaban J connectivity index is 1.32. The molecule has 2 N–H and O–H groups in total. The van der Waals surface area contributed by atoms with Gasteiger partial charge in [0.15, 0.2) is 6.10 Å². The van der Waals surface area contributed by atoms with Crippen LogP contribution in [0.4, 0.5) is 5.69 Å². The molecular weight excluding hydrogens is 450 g/mol. The second-order valence-corrected chi connectivity index (χ2v) is 8.60. The highest BCUT2D eigenvalue weighted by Gasteiger charge is 2.32. The smallest absolute Gasteiger partial charge is 0.260 e. The number of carbonyl (C=O) groups is 2. The number of nitrogens with zero attached hydrogens (tertiary/aromatic N) is 2. The van der Waals surface area contributed by atoms with Crippen molar-refractivity contribution in [2.24, 2.45) is 5.73 Å². The van der Waals surface area contributed by atoms with Crippen LogP contribution >= 0.6 is 11.3 Å². The summed E-state index contributed by atoms with van der Waals surface area (Å²) < 4.78 is 11.6. The Morgan fingerprint density at radius 1 is 1.03 bits per heavy atom. The highest BCUT2D eigenvalue weighted by atomic mass is 32.1. The number of para-hydroxylation sites is 3. The number of anilines is 1. The molecule has 1 aliphatic rings. The minimum absolute atomic E-state index is 0.0705. The summed E-state index contributed by atoms with van der Waals surface area (Å²) in [5.41, 5.74) is 7.62. The predicted octanol–water partition coefficient (Wildman–Crippen LogP) is 4.42. The third-order valence-electron chi connectivity index (χ3n) is 5.34. The van der Waals surface area contributed by atoms with Crippen LogP contribution < -0.4 is 20.1 Å². The van der Waals surface area contributed by atoms with Gasteiger partial charge in [-0.2, -0.15) is 0 Å². The maximum absolute atomic E-state index is 13.2. The molecule has 4 aromatic rings. The molecule has 3 aromatic carbocycles. The van der Waals surface area contributed by atoms with Crippen molar-refractivity contribution >= 4 is 28.8 Å². The lowest BCUT2D eigenvalue weighted by molar-refractivity contribution is -0.125. The number of rotatable bonds is 6. The highest BCUT2D eigenvalue weighted by molar-refractivity contribution is 7.13. The number of amides is 2. The fraction of sp³-hybridized carbons (Fsp3) is 0.115. The molecule has 5 rings (SSSR count). The van der Waals surface area contributed by atoms with E-state index in [4.69, 9.17) is 15.2 Å². The van der Waals surface area contributed by atoms with Crippen molar-refractivity contribution in [2.45, 2.75) is 12.5 Å². The fourth-order valence-electron chi connectivity index (χ4n) is 3.71. The molecule has 0 unspecified atom stereocenters. The first kappa shape index (κ1) is 21.7. The zero-order valence-electron chi connectivity index (χ0n) is 18.1. The zero-order chi connectivity index (χ0) is 23.5. The average Bonchev–Trinajstić information content (AvgIpc) is 3.32. The summed E-state index contributed by atoms with van der Waals surface area (Å²) in [5, 5.41) is 2.66. The van der Waals surface area contributed by atoms with E-state index in [0.29, 0.717) is 22.9 Å². The minimum atomic E-state index is -0.891. The monoisotopic (exact) mass is 471 g/mol. The van der Waals surface area contributed by atoms with Crippen molar-refractivity contribution in [3.05, 3.63) is 89.9 Å². The molecule has 1 atom stereocenters. The molecule has 7 nitrogen and oxygen atoms in total. The Labute approximate surface area is 200 Å². The van der Waals surface area contributed by atoms with Gasteiger partial charge in [-0.1, -0.05) is 42.5 Å². The Kier molecular flexibility index (Phi) is 5.97. The van der Waals surface area contributed by atoms with Gasteiger partial charge in [0.2, 0.25) is 5.91 Å². The molecule has 0 aliphatic carbocycles. The molecule has 0 saturated carbocycles. The van der Waals surface area contributed by atoms with Gasteiger partial charge in [-0.3, -0.25) is 9.59 Å². The van der Waals surface area contributed by atoms with Crippen molar-refractivity contribution in [3.63, 3.8) is 0 Å². The van der Waals surface area contributed by atoms with E-state index in [1.54, 1.807) is 23.1 Å². The fourth-order valence-corrected chi connectivity index (χ4v) is 4.52. The van der Waals surface area contributed by atoms with Crippen LogP contribution in [0.1, 0.15) is 5.69 Å². The number of hydrogen-bond acceptors (Lipinski definition) is 6. The van der Waals surface area contributed by atoms with Crippen LogP contribution in [0.2, 0.25) is 0 Å². The first-order chi connectivity index (χ1) is 16.6. The molecule has 1 aliphatic heterocycles. The lowest BCUT2D eigenvalue weighted by Crippen LogP contribution is -2.49. The molecule has 0 fully saturated rings. The van der Waals surface area contributed by atoms with E-state index < -0.39 is 12.0 Å². The molecule has 2 amide bonds. The predicted molar refractivity (Wildman–Crippen MR) is 130 cm³/mol. The van der Waals surface area contributed by atoms with Gasteiger partial charge in [-0.05, 0) is 36.4 Å². The number of aromatic nitrogens is 1. The van der Waals surface area contributed by atoms with Gasteiger partial charge in [0, 0.05) is 10.9 Å². The lowest BCUT2D eigenvalue weighted by Gasteiger charge is -2.33. The number of benzene rings is 3. The number of nitrogens with two attached hydrogens (primary N) is 1. The van der Waals surface area contributed by atoms with Gasteiger partial charge in [0.25, 0.3) is 5.91 Å². The Morgan fingerprint density at radius 3 is 2.62 bits per heavy atom. The Morgan fingerprint density at radius 2 is 1.79 bits per heavy atom. The third-order valence-corrected chi connectivity index (χ3v) is 6.28. The van der Waals surface area contributed by atoms with E-state index in [9.17, 15) is 9.59 Å². The summed E-state index contributed by atoms with van der Waals surface area (Å²) in [4.78, 5) is 31.1. The first-order valence-corrected chi connectivity index (χ1v) is 11.6. The van der Waals surface area contributed by atoms with Gasteiger partial charge in [0.1, 0.15) is 22.3 Å². The normalized spacial score (nSPS) is 14.7. The van der Waals surface area contributed by atoms with E-state index in [1.807, 2.05) is 66.0 Å². The molecule has 1 aromatic heterocycles. The third kappa shape index (κ3) is 4.62. The quantitative estimate of drug-likeness (QED) is 0.449. The van der Waals surface area contributed by atoms with Crippen molar-refractivity contribution < 1.29 is 19.1 Å². The molecular formula is C26H21N3O4S. The Bertz CT molecular complexity index is 1340. The van der Waals surface area contributed by atoms with Gasteiger partial charge < -0.3 is 20.1 Å². The average molecular weight is 472 g/mol. The number of thiazole rings is 1. The SMILES string of the molecule is NC(=O)[C@@H]1CN(C(=O)Cc2csc(-c3cccc(Oc4ccccc4)c3)n2)c2ccccc2O1. The van der Waals surface area contributed by atoms with E-state index >= 15 is 0 Å². The molecule has 0 saturated heterocycles. The number of hydrogen-bond donors (Lipinski definition) is 1. The second-order valence-electron chi connectivity index (χ2n) is 7.74. The van der Waals surface area contributed by atoms with Gasteiger partial charge in [0.05, 0.1) is 24.3 Å². The highest BCUT2D eigenvalue weighted by Crippen LogP contribution is 2.34. The van der Waals surface area contributed by atoms with Crippen LogP contribution in [0.3, 0.4) is 0 Å². The summed E-state index contributed by atoms with van der Waals surface area (Å²) in [6, 6.07) is 24.4. The van der Waals surface area contributed by atoms with E-state index in [0.717, 1.165) is 16.3 Å². The largest absolute Gasteiger partial charge is 0.477 e. The van der Waals surface area contributed by atoms with Crippen molar-refractivity contribution in [2.75, 3.05) is 11.4 Å². The van der Waals surface area contributed by atoms with Crippen LogP contribution in [0.25, 0.3) is 10.6 Å². The molecule has 8 heteroatoms. The number of fused-ring (bicyclic) bond motifs is 1. The summed E-state index contributed by atoms with van der Waals surface area (Å²) in [5.74, 6) is 1.13. The van der Waals surface area contributed by atoms with E-state index in [1.165, 1.54) is 11.3 Å². The van der Waals surface area contributed by atoms with Crippen molar-refractivity contribution in [1.29, 1.82) is 0 Å². The van der Waals surface area contributed by atoms with Crippen LogP contribution in [0.5, 0.6) is 17.2 Å². The molecule has 2 heterocycles. The van der Waals surface area contributed by atoms with Crippen LogP contribution in [0.15, 0.2) is 84.2 Å². The number of primary amides is 1. The van der Waals surface area contributed by atoms with Gasteiger partial charge >= 0.3 is 0 Å². The molecule has 0 spiro atoms. The maximum Gasteiger partial charge on any atom is 0.260 e. The maximum atomic E-state index is 13.2. The number of ether oxygens (including phenoxy) is 2. The van der Waals surface area contributed by atoms with E-state index in [2.05, 4.69) is 4.98 Å². The summed E-state index contributed by atoms with van der Waals surface area (Å²) >= 11 is 1.46. The standard InChI is InChI=1S/C26H21N3O4S/c27-25(31)23-15-29(21-11-4-5-12-22(21)33-23)24(30)14-18-16-34-26(28-18)17-7-6-10-20(13-17)32-19-8-2-1-3-9-19/h1-13,16,23H,14-15H2,(H2,27,31)/t23-/m0/s1. The summed E-state index contributed by atoms with van der Waals surface area (Å²) in [6.07, 6.45) is -0.798. The van der Waals surface area contributed by atoms with Crippen LogP contribution in [-0.4, -0.2) is 29.4 Å². The van der Waals surface area contributed by atoms with Crippen molar-refractivity contribution in [1.82, 2.24) is 4.98 Å². The number of carbonyl (C=O) groups excluding carboxylic acids is 2. The zero-order valence-corrected chi connectivity index (χ0v) is 18.9. The first-order valence-electron chi connectivity index (χ1n) is 10.7. The minimum Gasteiger partial charge on any atom is -0.477 e. The van der Waals surface area contributed by atoms with Crippen molar-refractivity contribution in [3.8, 4) is 27.8 Å².